The zero-order valence-electron chi connectivity index (χ0n) is 17.9. The average Bonchev–Trinajstić information content (AvgIpc) is 2.80. The Morgan fingerprint density at radius 2 is 1.81 bits per heavy atom. The smallest absolute Gasteiger partial charge is 0.346 e. The lowest BCUT2D eigenvalue weighted by molar-refractivity contribution is -0.136. The van der Waals surface area contributed by atoms with Crippen molar-refractivity contribution in [1.82, 2.24) is 4.98 Å². The first kappa shape index (κ1) is 20.7. The molecule has 4 rings (SSSR count). The lowest BCUT2D eigenvalue weighted by Crippen LogP contribution is -2.17. The van der Waals surface area contributed by atoms with Gasteiger partial charge in [0.25, 0.3) is 5.95 Å². The van der Waals surface area contributed by atoms with Crippen molar-refractivity contribution in [2.75, 3.05) is 26.9 Å². The molecule has 1 aromatic heterocycles. The van der Waals surface area contributed by atoms with E-state index in [-0.39, 0.29) is 18.1 Å². The third-order valence-corrected chi connectivity index (χ3v) is 5.06. The first-order chi connectivity index (χ1) is 15.1. The molecular weight excluding hydrogens is 394 g/mol. The number of benzene rings is 2. The van der Waals surface area contributed by atoms with E-state index < -0.39 is 5.97 Å². The molecule has 160 valence electrons. The predicted octanol–water partition coefficient (Wildman–Crippen LogP) is 4.89. The summed E-state index contributed by atoms with van der Waals surface area (Å²) in [7, 11) is 1.63. The normalized spacial score (nSPS) is 13.3. The average molecular weight is 419 g/mol. The molecule has 0 unspecified atom stereocenters. The molecule has 3 aromatic rings. The van der Waals surface area contributed by atoms with Gasteiger partial charge in [0, 0.05) is 22.9 Å². The fraction of sp³-hybridized carbons (Fsp3) is 0.280. The van der Waals surface area contributed by atoms with Gasteiger partial charge in [0.05, 0.1) is 38.1 Å². The van der Waals surface area contributed by atoms with Crippen molar-refractivity contribution in [3.8, 4) is 17.0 Å². The molecule has 0 spiro atoms. The Kier molecular flexibility index (Phi) is 6.07. The second-order valence-corrected chi connectivity index (χ2v) is 7.24. The molecule has 1 aliphatic rings. The minimum Gasteiger partial charge on any atom is -0.497 e. The summed E-state index contributed by atoms with van der Waals surface area (Å²) in [6.45, 7) is 5.02. The Bertz CT molecular complexity index is 1130. The van der Waals surface area contributed by atoms with E-state index in [0.717, 1.165) is 39.9 Å². The molecule has 0 atom stereocenters. The number of fused-ring (bicyclic) bond motifs is 1. The SMILES string of the molecule is CCOC(=O)C(=C1OCCCO1)c1cc(-c2ccc(OC)cc2)nc2ccc(C)cc12. The van der Waals surface area contributed by atoms with Gasteiger partial charge in [0.1, 0.15) is 11.3 Å². The van der Waals surface area contributed by atoms with E-state index in [0.29, 0.717) is 18.8 Å². The van der Waals surface area contributed by atoms with Gasteiger partial charge in [-0.3, -0.25) is 0 Å². The second kappa shape index (κ2) is 9.08. The maximum Gasteiger partial charge on any atom is 0.346 e. The van der Waals surface area contributed by atoms with Crippen LogP contribution in [0.25, 0.3) is 27.7 Å². The molecule has 0 saturated carbocycles. The Hall–Kier alpha value is -3.54. The van der Waals surface area contributed by atoms with Gasteiger partial charge in [-0.25, -0.2) is 9.78 Å². The number of ether oxygens (including phenoxy) is 4. The number of methoxy groups -OCH3 is 1. The van der Waals surface area contributed by atoms with Crippen LogP contribution in [0.2, 0.25) is 0 Å². The van der Waals surface area contributed by atoms with Crippen molar-refractivity contribution in [3.05, 3.63) is 65.6 Å². The monoisotopic (exact) mass is 419 g/mol. The summed E-state index contributed by atoms with van der Waals surface area (Å²) < 4.78 is 22.1. The summed E-state index contributed by atoms with van der Waals surface area (Å²) in [6, 6.07) is 15.5. The van der Waals surface area contributed by atoms with Crippen LogP contribution in [0.15, 0.2) is 54.5 Å². The number of pyridine rings is 1. The molecule has 1 aliphatic heterocycles. The van der Waals surface area contributed by atoms with Crippen LogP contribution in [0.3, 0.4) is 0 Å². The largest absolute Gasteiger partial charge is 0.497 e. The molecule has 0 N–H and O–H groups in total. The fourth-order valence-corrected chi connectivity index (χ4v) is 3.54. The molecule has 2 aromatic carbocycles. The third-order valence-electron chi connectivity index (χ3n) is 5.06. The maximum absolute atomic E-state index is 13.0. The number of aryl methyl sites for hydroxylation is 1. The molecule has 0 amide bonds. The molecular formula is C25H25NO5. The number of aromatic nitrogens is 1. The topological polar surface area (TPSA) is 66.9 Å². The highest BCUT2D eigenvalue weighted by molar-refractivity contribution is 6.20. The van der Waals surface area contributed by atoms with Crippen molar-refractivity contribution in [2.24, 2.45) is 0 Å². The van der Waals surface area contributed by atoms with Crippen molar-refractivity contribution in [3.63, 3.8) is 0 Å². The van der Waals surface area contributed by atoms with Gasteiger partial charge in [0.2, 0.25) is 0 Å². The number of rotatable bonds is 5. The molecule has 31 heavy (non-hydrogen) atoms. The second-order valence-electron chi connectivity index (χ2n) is 7.24. The summed E-state index contributed by atoms with van der Waals surface area (Å²) in [5, 5.41) is 0.839. The lowest BCUT2D eigenvalue weighted by Gasteiger charge is -2.21. The number of nitrogens with zero attached hydrogens (tertiary/aromatic N) is 1. The van der Waals surface area contributed by atoms with Gasteiger partial charge in [-0.1, -0.05) is 11.6 Å². The minimum atomic E-state index is -0.478. The maximum atomic E-state index is 13.0. The highest BCUT2D eigenvalue weighted by atomic mass is 16.7. The molecule has 0 bridgehead atoms. The van der Waals surface area contributed by atoms with E-state index in [9.17, 15) is 4.79 Å². The minimum absolute atomic E-state index is 0.208. The molecule has 2 heterocycles. The molecule has 1 saturated heterocycles. The summed E-state index contributed by atoms with van der Waals surface area (Å²) >= 11 is 0. The fourth-order valence-electron chi connectivity index (χ4n) is 3.54. The molecule has 1 fully saturated rings. The lowest BCUT2D eigenvalue weighted by atomic mass is 9.97. The standard InChI is InChI=1S/C25H25NO5/c1-4-29-24(27)23(25-30-12-5-13-31-25)20-15-22(17-7-9-18(28-3)10-8-17)26-21-11-6-16(2)14-19(20)21/h6-11,14-15H,4-5,12-13H2,1-3H3. The van der Waals surface area contributed by atoms with E-state index in [1.54, 1.807) is 14.0 Å². The van der Waals surface area contributed by atoms with Crippen LogP contribution in [0.1, 0.15) is 24.5 Å². The van der Waals surface area contributed by atoms with Crippen LogP contribution >= 0.6 is 0 Å². The van der Waals surface area contributed by atoms with E-state index in [2.05, 4.69) is 0 Å². The number of carbonyl (C=O) groups excluding carboxylic acids is 1. The third kappa shape index (κ3) is 4.33. The van der Waals surface area contributed by atoms with Crippen LogP contribution in [0.4, 0.5) is 0 Å². The zero-order valence-corrected chi connectivity index (χ0v) is 17.9. The summed E-state index contributed by atoms with van der Waals surface area (Å²) in [4.78, 5) is 17.9. The van der Waals surface area contributed by atoms with Crippen LogP contribution in [0, 0.1) is 6.92 Å². The highest BCUT2D eigenvalue weighted by Gasteiger charge is 2.27. The van der Waals surface area contributed by atoms with E-state index >= 15 is 0 Å². The number of hydrogen-bond acceptors (Lipinski definition) is 6. The van der Waals surface area contributed by atoms with Crippen LogP contribution in [-0.2, 0) is 19.0 Å². The Morgan fingerprint density at radius 1 is 1.06 bits per heavy atom. The number of hydrogen-bond donors (Lipinski definition) is 0. The van der Waals surface area contributed by atoms with Crippen molar-refractivity contribution >= 4 is 22.4 Å². The van der Waals surface area contributed by atoms with Crippen molar-refractivity contribution in [2.45, 2.75) is 20.3 Å². The summed E-state index contributed by atoms with van der Waals surface area (Å²) in [6.07, 6.45) is 0.771. The molecule has 0 radical (unpaired) electrons. The Morgan fingerprint density at radius 3 is 2.48 bits per heavy atom. The van der Waals surface area contributed by atoms with Crippen LogP contribution < -0.4 is 4.74 Å². The van der Waals surface area contributed by atoms with Gasteiger partial charge >= 0.3 is 5.97 Å². The zero-order chi connectivity index (χ0) is 21.8. The Labute approximate surface area is 181 Å². The first-order valence-electron chi connectivity index (χ1n) is 10.3. The van der Waals surface area contributed by atoms with Gasteiger partial charge in [0.15, 0.2) is 0 Å². The molecule has 6 heteroatoms. The first-order valence-corrected chi connectivity index (χ1v) is 10.3. The van der Waals surface area contributed by atoms with Gasteiger partial charge in [-0.15, -0.1) is 0 Å². The quantitative estimate of drug-likeness (QED) is 0.433. The summed E-state index contributed by atoms with van der Waals surface area (Å²) in [5.41, 5.74) is 4.43. The van der Waals surface area contributed by atoms with Gasteiger partial charge < -0.3 is 18.9 Å². The molecule has 0 aliphatic carbocycles. The number of carbonyl (C=O) groups is 1. The van der Waals surface area contributed by atoms with E-state index in [1.807, 2.05) is 55.5 Å². The summed E-state index contributed by atoms with van der Waals surface area (Å²) in [5.74, 6) is 0.493. The predicted molar refractivity (Wildman–Crippen MR) is 119 cm³/mol. The van der Waals surface area contributed by atoms with Gasteiger partial charge in [-0.2, -0.15) is 0 Å². The van der Waals surface area contributed by atoms with Crippen molar-refractivity contribution < 1.29 is 23.7 Å². The van der Waals surface area contributed by atoms with E-state index in [1.165, 1.54) is 0 Å². The Balaban J connectivity index is 1.96. The molecule has 6 nitrogen and oxygen atoms in total. The van der Waals surface area contributed by atoms with Crippen molar-refractivity contribution in [1.29, 1.82) is 0 Å². The van der Waals surface area contributed by atoms with E-state index in [4.69, 9.17) is 23.9 Å². The van der Waals surface area contributed by atoms with Gasteiger partial charge in [-0.05, 0) is 56.3 Å². The number of esters is 1. The van der Waals surface area contributed by atoms with Crippen LogP contribution in [-0.4, -0.2) is 37.9 Å². The highest BCUT2D eigenvalue weighted by Crippen LogP contribution is 2.34. The van der Waals surface area contributed by atoms with Crippen LogP contribution in [0.5, 0.6) is 5.75 Å².